The lowest BCUT2D eigenvalue weighted by Gasteiger charge is -2.09. The van der Waals surface area contributed by atoms with Gasteiger partial charge < -0.3 is 19.3 Å². The fourth-order valence-electron chi connectivity index (χ4n) is 2.19. The van der Waals surface area contributed by atoms with Crippen molar-refractivity contribution in [3.63, 3.8) is 0 Å². The molecular weight excluding hydrogens is 384 g/mol. The van der Waals surface area contributed by atoms with Gasteiger partial charge in [0.25, 0.3) is 0 Å². The van der Waals surface area contributed by atoms with Crippen LogP contribution in [0.4, 0.5) is 0 Å². The summed E-state index contributed by atoms with van der Waals surface area (Å²) in [6, 6.07) is 9.80. The molecule has 0 aliphatic rings. The number of hydrogen-bond acceptors (Lipinski definition) is 6. The van der Waals surface area contributed by atoms with Crippen molar-refractivity contribution < 1.29 is 28.9 Å². The van der Waals surface area contributed by atoms with Gasteiger partial charge in [0, 0.05) is 5.88 Å². The van der Waals surface area contributed by atoms with Crippen LogP contribution in [0.3, 0.4) is 0 Å². The highest BCUT2D eigenvalue weighted by atomic mass is 35.5. The molecule has 1 N–H and O–H groups in total. The van der Waals surface area contributed by atoms with Crippen molar-refractivity contribution in [1.29, 1.82) is 0 Å². The number of halogens is 1. The molecule has 0 spiro atoms. The molecule has 2 rings (SSSR count). The fourth-order valence-corrected chi connectivity index (χ4v) is 2.30. The molecule has 6 nitrogen and oxygen atoms in total. The number of alkyl halides is 1. The third-order valence-electron chi connectivity index (χ3n) is 3.75. The second-order valence-corrected chi connectivity index (χ2v) is 6.23. The number of hydrogen-bond donors (Lipinski definition) is 1. The van der Waals surface area contributed by atoms with E-state index in [0.717, 1.165) is 17.7 Å². The molecule has 0 saturated carbocycles. The molecular formula is C21H25ClO6. The smallest absolute Gasteiger partial charge is 0.337 e. The van der Waals surface area contributed by atoms with Crippen LogP contribution in [0, 0.1) is 13.8 Å². The van der Waals surface area contributed by atoms with Crippen LogP contribution in [-0.4, -0.2) is 43.8 Å². The van der Waals surface area contributed by atoms with Crippen molar-refractivity contribution in [2.24, 2.45) is 0 Å². The number of ether oxygens (including phenoxy) is 3. The van der Waals surface area contributed by atoms with Gasteiger partial charge in [-0.2, -0.15) is 0 Å². The number of rotatable bonds is 6. The van der Waals surface area contributed by atoms with Crippen LogP contribution in [0.2, 0.25) is 0 Å². The lowest BCUT2D eigenvalue weighted by molar-refractivity contribution is 0.0591. The summed E-state index contributed by atoms with van der Waals surface area (Å²) in [7, 11) is 2.69. The standard InChI is InChI=1S/C12H15ClO3.C9H10O3/c1-9-8-10(12(14)15-2)4-5-11(9)16-7-3-6-13;1-6-5-7(9(11)12-2)3-4-8(6)10/h4-5,8H,3,6-7H2,1-2H3;3-5,10H,1-2H3. The van der Waals surface area contributed by atoms with Gasteiger partial charge in [-0.15, -0.1) is 11.6 Å². The fraction of sp³-hybridized carbons (Fsp3) is 0.333. The summed E-state index contributed by atoms with van der Waals surface area (Å²) in [5, 5.41) is 9.15. The Bertz CT molecular complexity index is 803. The Labute approximate surface area is 170 Å². The van der Waals surface area contributed by atoms with Crippen LogP contribution in [0.15, 0.2) is 36.4 Å². The molecule has 0 aliphatic carbocycles. The van der Waals surface area contributed by atoms with Gasteiger partial charge in [0.1, 0.15) is 11.5 Å². The summed E-state index contributed by atoms with van der Waals surface area (Å²) in [6.07, 6.45) is 0.805. The Morgan fingerprint density at radius 2 is 1.46 bits per heavy atom. The minimum Gasteiger partial charge on any atom is -0.508 e. The number of carbonyl (C=O) groups excluding carboxylic acids is 2. The van der Waals surface area contributed by atoms with E-state index >= 15 is 0 Å². The predicted molar refractivity (Wildman–Crippen MR) is 108 cm³/mol. The Morgan fingerprint density at radius 1 is 0.929 bits per heavy atom. The van der Waals surface area contributed by atoms with E-state index < -0.39 is 5.97 Å². The highest BCUT2D eigenvalue weighted by Crippen LogP contribution is 2.20. The summed E-state index contributed by atoms with van der Waals surface area (Å²) in [6.45, 7) is 4.20. The average molecular weight is 409 g/mol. The number of aryl methyl sites for hydroxylation is 2. The lowest BCUT2D eigenvalue weighted by Crippen LogP contribution is -2.03. The predicted octanol–water partition coefficient (Wildman–Crippen LogP) is 4.28. The quantitative estimate of drug-likeness (QED) is 0.436. The molecule has 0 saturated heterocycles. The molecule has 152 valence electrons. The molecule has 0 heterocycles. The van der Waals surface area contributed by atoms with E-state index in [2.05, 4.69) is 9.47 Å². The molecule has 0 amide bonds. The van der Waals surface area contributed by atoms with Crippen molar-refractivity contribution in [2.45, 2.75) is 20.3 Å². The van der Waals surface area contributed by atoms with Gasteiger partial charge in [-0.05, 0) is 67.8 Å². The zero-order chi connectivity index (χ0) is 21.1. The monoisotopic (exact) mass is 408 g/mol. The second kappa shape index (κ2) is 11.9. The maximum Gasteiger partial charge on any atom is 0.337 e. The average Bonchev–Trinajstić information content (AvgIpc) is 2.70. The highest BCUT2D eigenvalue weighted by molar-refractivity contribution is 6.17. The summed E-state index contributed by atoms with van der Waals surface area (Å²) < 4.78 is 14.7. The SMILES string of the molecule is COC(=O)c1ccc(O)c(C)c1.COC(=O)c1ccc(OCCCCl)c(C)c1. The van der Waals surface area contributed by atoms with E-state index in [-0.39, 0.29) is 11.7 Å². The molecule has 2 aromatic rings. The Morgan fingerprint density at radius 3 is 1.93 bits per heavy atom. The molecule has 0 fully saturated rings. The zero-order valence-corrected chi connectivity index (χ0v) is 17.2. The molecule has 0 atom stereocenters. The normalized spacial score (nSPS) is 9.75. The lowest BCUT2D eigenvalue weighted by atomic mass is 10.1. The van der Waals surface area contributed by atoms with E-state index in [1.165, 1.54) is 26.4 Å². The largest absolute Gasteiger partial charge is 0.508 e. The van der Waals surface area contributed by atoms with Crippen molar-refractivity contribution in [3.05, 3.63) is 58.7 Å². The maximum absolute atomic E-state index is 11.3. The summed E-state index contributed by atoms with van der Waals surface area (Å²) >= 11 is 5.55. The number of carbonyl (C=O) groups is 2. The van der Waals surface area contributed by atoms with Crippen molar-refractivity contribution >= 4 is 23.5 Å². The van der Waals surface area contributed by atoms with Gasteiger partial charge in [0.15, 0.2) is 0 Å². The van der Waals surface area contributed by atoms with E-state index in [0.29, 0.717) is 29.2 Å². The van der Waals surface area contributed by atoms with Crippen molar-refractivity contribution in [2.75, 3.05) is 26.7 Å². The van der Waals surface area contributed by atoms with Gasteiger partial charge in [0.2, 0.25) is 0 Å². The summed E-state index contributed by atoms with van der Waals surface area (Å²) in [5.74, 6) is 0.813. The molecule has 0 unspecified atom stereocenters. The van der Waals surface area contributed by atoms with E-state index in [1.807, 2.05) is 6.92 Å². The number of phenols is 1. The molecule has 28 heavy (non-hydrogen) atoms. The Balaban J connectivity index is 0.000000292. The minimum absolute atomic E-state index is 0.183. The number of esters is 2. The molecule has 0 aliphatic heterocycles. The van der Waals surface area contributed by atoms with E-state index in [4.69, 9.17) is 21.4 Å². The number of methoxy groups -OCH3 is 2. The second-order valence-electron chi connectivity index (χ2n) is 5.86. The number of aromatic hydroxyl groups is 1. The summed E-state index contributed by atoms with van der Waals surface area (Å²) in [4.78, 5) is 22.2. The first kappa shape index (κ1) is 23.3. The van der Waals surface area contributed by atoms with Crippen LogP contribution in [0.1, 0.15) is 38.3 Å². The maximum atomic E-state index is 11.3. The first-order valence-corrected chi connectivity index (χ1v) is 9.13. The van der Waals surface area contributed by atoms with E-state index in [1.54, 1.807) is 31.2 Å². The Hall–Kier alpha value is -2.73. The van der Waals surface area contributed by atoms with Gasteiger partial charge in [-0.3, -0.25) is 0 Å². The molecule has 0 bridgehead atoms. The van der Waals surface area contributed by atoms with Crippen LogP contribution in [-0.2, 0) is 9.47 Å². The molecule has 7 heteroatoms. The van der Waals surface area contributed by atoms with Gasteiger partial charge in [-0.25, -0.2) is 9.59 Å². The highest BCUT2D eigenvalue weighted by Gasteiger charge is 2.08. The van der Waals surface area contributed by atoms with Gasteiger partial charge in [-0.1, -0.05) is 0 Å². The minimum atomic E-state index is -0.391. The van der Waals surface area contributed by atoms with Crippen LogP contribution < -0.4 is 4.74 Å². The van der Waals surface area contributed by atoms with Crippen LogP contribution in [0.5, 0.6) is 11.5 Å². The topological polar surface area (TPSA) is 82.1 Å². The third kappa shape index (κ3) is 7.12. The molecule has 0 radical (unpaired) electrons. The van der Waals surface area contributed by atoms with Crippen LogP contribution >= 0.6 is 11.6 Å². The van der Waals surface area contributed by atoms with Gasteiger partial charge >= 0.3 is 11.9 Å². The van der Waals surface area contributed by atoms with Crippen LogP contribution in [0.25, 0.3) is 0 Å². The first-order chi connectivity index (χ1) is 13.3. The third-order valence-corrected chi connectivity index (χ3v) is 4.02. The first-order valence-electron chi connectivity index (χ1n) is 8.59. The van der Waals surface area contributed by atoms with Gasteiger partial charge in [0.05, 0.1) is 32.0 Å². The zero-order valence-electron chi connectivity index (χ0n) is 16.5. The molecule has 2 aromatic carbocycles. The molecule has 0 aromatic heterocycles. The number of phenolic OH excluding ortho intramolecular Hbond substituents is 1. The van der Waals surface area contributed by atoms with Crippen molar-refractivity contribution in [3.8, 4) is 11.5 Å². The van der Waals surface area contributed by atoms with E-state index in [9.17, 15) is 9.59 Å². The summed E-state index contributed by atoms with van der Waals surface area (Å²) in [5.41, 5.74) is 2.56. The number of benzene rings is 2. The van der Waals surface area contributed by atoms with Crippen molar-refractivity contribution in [1.82, 2.24) is 0 Å². The Kier molecular flexibility index (Phi) is 9.88.